The molecule has 0 aliphatic carbocycles. The van der Waals surface area contributed by atoms with Crippen LogP contribution in [0, 0.1) is 13.8 Å². The molecule has 172 valence electrons. The topological polar surface area (TPSA) is 88.0 Å². The molecule has 35 heavy (non-hydrogen) atoms. The first-order valence-corrected chi connectivity index (χ1v) is 11.2. The van der Waals surface area contributed by atoms with Crippen LogP contribution in [0.15, 0.2) is 94.3 Å². The number of nitrogens with one attached hydrogen (secondary N) is 2. The van der Waals surface area contributed by atoms with Crippen LogP contribution in [-0.4, -0.2) is 15.9 Å². The van der Waals surface area contributed by atoms with E-state index in [4.69, 9.17) is 4.52 Å². The van der Waals surface area contributed by atoms with Gasteiger partial charge < -0.3 is 14.8 Å². The quantitative estimate of drug-likeness (QED) is 0.224. The van der Waals surface area contributed by atoms with Gasteiger partial charge in [-0.3, -0.25) is 9.59 Å². The van der Waals surface area contributed by atoms with Gasteiger partial charge in [0.1, 0.15) is 11.3 Å². The van der Waals surface area contributed by atoms with Gasteiger partial charge in [-0.15, -0.1) is 0 Å². The number of carbonyl (C=O) groups excluding carboxylic acids is 1. The highest BCUT2D eigenvalue weighted by molar-refractivity contribution is 6.15. The molecule has 0 bridgehead atoms. The number of benzene rings is 3. The Bertz CT molecular complexity index is 1590. The summed E-state index contributed by atoms with van der Waals surface area (Å²) >= 11 is 0. The van der Waals surface area contributed by atoms with E-state index in [-0.39, 0.29) is 5.56 Å². The average molecular weight is 462 g/mol. The van der Waals surface area contributed by atoms with Gasteiger partial charge in [0.05, 0.1) is 16.9 Å². The summed E-state index contributed by atoms with van der Waals surface area (Å²) < 4.78 is 5.36. The average Bonchev–Trinajstić information content (AvgIpc) is 3.21. The smallest absolute Gasteiger partial charge is 0.261 e. The van der Waals surface area contributed by atoms with E-state index in [2.05, 4.69) is 15.5 Å². The molecule has 0 amide bonds. The number of aromatic amines is 1. The molecule has 5 aromatic rings. The zero-order valence-electron chi connectivity index (χ0n) is 19.3. The van der Waals surface area contributed by atoms with Gasteiger partial charge in [-0.2, -0.15) is 0 Å². The Morgan fingerprint density at radius 3 is 2.37 bits per heavy atom. The van der Waals surface area contributed by atoms with Crippen molar-refractivity contribution in [3.05, 3.63) is 118 Å². The number of hydrogen-bond acceptors (Lipinski definition) is 5. The van der Waals surface area contributed by atoms with Crippen molar-refractivity contribution in [2.45, 2.75) is 13.8 Å². The molecule has 0 fully saturated rings. The fourth-order valence-electron chi connectivity index (χ4n) is 4.19. The minimum absolute atomic E-state index is 0.0458. The van der Waals surface area contributed by atoms with E-state index in [9.17, 15) is 9.59 Å². The number of carbonyl (C=O) groups is 1. The number of allylic oxidation sites excluding steroid dienone is 1. The van der Waals surface area contributed by atoms with Crippen molar-refractivity contribution in [3.8, 4) is 11.1 Å². The van der Waals surface area contributed by atoms with Crippen molar-refractivity contribution < 1.29 is 9.32 Å². The fourth-order valence-corrected chi connectivity index (χ4v) is 4.19. The number of para-hydroxylation sites is 1. The Kier molecular flexibility index (Phi) is 5.85. The molecular weight excluding hydrogens is 438 g/mol. The van der Waals surface area contributed by atoms with E-state index in [1.54, 1.807) is 6.08 Å². The normalized spacial score (nSPS) is 11.3. The van der Waals surface area contributed by atoms with Crippen molar-refractivity contribution in [2.24, 2.45) is 0 Å². The lowest BCUT2D eigenvalue weighted by atomic mass is 9.98. The third kappa shape index (κ3) is 4.42. The number of aromatic nitrogens is 2. The molecular formula is C29H23N3O3. The van der Waals surface area contributed by atoms with Crippen LogP contribution in [0.2, 0.25) is 0 Å². The molecule has 2 heterocycles. The molecule has 0 aliphatic rings. The van der Waals surface area contributed by atoms with Crippen LogP contribution in [0.25, 0.3) is 28.1 Å². The minimum atomic E-state index is -0.455. The first-order valence-electron chi connectivity index (χ1n) is 11.2. The van der Waals surface area contributed by atoms with E-state index < -0.39 is 11.3 Å². The molecule has 5 rings (SSSR count). The highest BCUT2D eigenvalue weighted by Crippen LogP contribution is 2.34. The first kappa shape index (κ1) is 22.1. The Hall–Kier alpha value is -4.71. The molecule has 2 aromatic heterocycles. The Morgan fingerprint density at radius 2 is 1.69 bits per heavy atom. The van der Waals surface area contributed by atoms with Gasteiger partial charge in [0, 0.05) is 16.6 Å². The van der Waals surface area contributed by atoms with Crippen molar-refractivity contribution >= 4 is 34.1 Å². The van der Waals surface area contributed by atoms with Crippen molar-refractivity contribution in [3.63, 3.8) is 0 Å². The lowest BCUT2D eigenvalue weighted by Gasteiger charge is -2.14. The van der Waals surface area contributed by atoms with Gasteiger partial charge >= 0.3 is 0 Å². The predicted octanol–water partition coefficient (Wildman–Crippen LogP) is 6.44. The van der Waals surface area contributed by atoms with Crippen LogP contribution in [0.3, 0.4) is 0 Å². The second kappa shape index (κ2) is 9.27. The molecule has 0 atom stereocenters. The molecule has 3 aromatic carbocycles. The minimum Gasteiger partial charge on any atom is -0.361 e. The lowest BCUT2D eigenvalue weighted by molar-refractivity contribution is 0.104. The summed E-state index contributed by atoms with van der Waals surface area (Å²) in [6, 6.07) is 24.7. The molecule has 6 nitrogen and oxygen atoms in total. The maximum absolute atomic E-state index is 13.3. The zero-order chi connectivity index (χ0) is 24.4. The zero-order valence-corrected chi connectivity index (χ0v) is 19.3. The van der Waals surface area contributed by atoms with Gasteiger partial charge in [0.25, 0.3) is 5.56 Å². The third-order valence-corrected chi connectivity index (χ3v) is 5.85. The lowest BCUT2D eigenvalue weighted by Crippen LogP contribution is -2.19. The summed E-state index contributed by atoms with van der Waals surface area (Å²) in [6.45, 7) is 3.74. The molecule has 6 heteroatoms. The van der Waals surface area contributed by atoms with Crippen LogP contribution in [-0.2, 0) is 0 Å². The van der Waals surface area contributed by atoms with Crippen molar-refractivity contribution in [1.29, 1.82) is 0 Å². The van der Waals surface area contributed by atoms with E-state index >= 15 is 0 Å². The highest BCUT2D eigenvalue weighted by Gasteiger charge is 2.20. The van der Waals surface area contributed by atoms with Gasteiger partial charge in [-0.05, 0) is 55.3 Å². The third-order valence-electron chi connectivity index (χ3n) is 5.85. The predicted molar refractivity (Wildman–Crippen MR) is 139 cm³/mol. The van der Waals surface area contributed by atoms with Gasteiger partial charge in [-0.1, -0.05) is 65.8 Å². The van der Waals surface area contributed by atoms with Crippen molar-refractivity contribution in [2.75, 3.05) is 5.32 Å². The van der Waals surface area contributed by atoms with Crippen LogP contribution in [0.1, 0.15) is 27.4 Å². The number of anilines is 2. The van der Waals surface area contributed by atoms with E-state index in [1.165, 1.54) is 6.08 Å². The maximum Gasteiger partial charge on any atom is 0.261 e. The summed E-state index contributed by atoms with van der Waals surface area (Å²) in [7, 11) is 0. The molecule has 0 spiro atoms. The molecule has 2 N–H and O–H groups in total. The Labute approximate surface area is 201 Å². The fraction of sp³-hybridized carbons (Fsp3) is 0.0690. The SMILES string of the molecule is Cc1noc(C)c1-c1ccc2[nH]c(=O)c(C(=O)/C=C/c3ccccc3)c(Nc3ccccc3)c2c1. The standard InChI is InChI=1S/C29H23N3O3/c1-18-26(19(2)35-32-18)21-14-15-24-23(17-21)28(30-22-11-7-4-8-12-22)27(29(34)31-24)25(33)16-13-20-9-5-3-6-10-20/h3-17H,1-2H3,(H2,30,31,34)/b16-13+. The number of nitrogens with zero attached hydrogens (tertiary/aromatic N) is 1. The summed E-state index contributed by atoms with van der Waals surface area (Å²) in [6.07, 6.45) is 3.14. The maximum atomic E-state index is 13.3. The Balaban J connectivity index is 1.71. The number of aryl methyl sites for hydroxylation is 2. The second-order valence-corrected chi connectivity index (χ2v) is 8.26. The molecule has 0 aliphatic heterocycles. The molecule has 0 unspecified atom stereocenters. The summed E-state index contributed by atoms with van der Waals surface area (Å²) in [5.74, 6) is 0.309. The van der Waals surface area contributed by atoms with Gasteiger partial charge in [0.2, 0.25) is 0 Å². The van der Waals surface area contributed by atoms with E-state index in [1.807, 2.05) is 92.7 Å². The molecule has 0 saturated carbocycles. The van der Waals surface area contributed by atoms with Gasteiger partial charge in [-0.25, -0.2) is 0 Å². The second-order valence-electron chi connectivity index (χ2n) is 8.26. The number of H-pyrrole nitrogens is 1. The van der Waals surface area contributed by atoms with Gasteiger partial charge in [0.15, 0.2) is 5.78 Å². The summed E-state index contributed by atoms with van der Waals surface area (Å²) in [5.41, 5.74) is 4.84. The number of rotatable bonds is 6. The van der Waals surface area contributed by atoms with Crippen molar-refractivity contribution in [1.82, 2.24) is 10.1 Å². The number of pyridine rings is 1. The highest BCUT2D eigenvalue weighted by atomic mass is 16.5. The Morgan fingerprint density at radius 1 is 0.971 bits per heavy atom. The van der Waals surface area contributed by atoms with Crippen LogP contribution < -0.4 is 10.9 Å². The van der Waals surface area contributed by atoms with Crippen LogP contribution in [0.4, 0.5) is 11.4 Å². The largest absolute Gasteiger partial charge is 0.361 e. The monoisotopic (exact) mass is 461 g/mol. The summed E-state index contributed by atoms with van der Waals surface area (Å²) in [5, 5.41) is 8.10. The number of fused-ring (bicyclic) bond motifs is 1. The molecule has 0 radical (unpaired) electrons. The van der Waals surface area contributed by atoms with E-state index in [0.29, 0.717) is 22.4 Å². The number of ketones is 1. The first-order chi connectivity index (χ1) is 17.0. The summed E-state index contributed by atoms with van der Waals surface area (Å²) in [4.78, 5) is 29.4. The van der Waals surface area contributed by atoms with E-state index in [0.717, 1.165) is 28.1 Å². The number of hydrogen-bond donors (Lipinski definition) is 2. The molecule has 0 saturated heterocycles. The van der Waals surface area contributed by atoms with Crippen LogP contribution >= 0.6 is 0 Å². The van der Waals surface area contributed by atoms with Crippen LogP contribution in [0.5, 0.6) is 0 Å².